The van der Waals surface area contributed by atoms with Crippen LogP contribution >= 0.6 is 0 Å². The number of hydrogen-bond acceptors (Lipinski definition) is 4. The Kier molecular flexibility index (Phi) is 6.41. The Balaban J connectivity index is 1.75. The van der Waals surface area contributed by atoms with E-state index in [0.717, 1.165) is 25.1 Å². The van der Waals surface area contributed by atoms with Crippen molar-refractivity contribution < 1.29 is 14.0 Å². The van der Waals surface area contributed by atoms with Crippen molar-refractivity contribution in [2.24, 2.45) is 0 Å². The summed E-state index contributed by atoms with van der Waals surface area (Å²) in [5.74, 6) is -0.764. The summed E-state index contributed by atoms with van der Waals surface area (Å²) in [6, 6.07) is 6.31. The summed E-state index contributed by atoms with van der Waals surface area (Å²) in [6.07, 6.45) is 2.58. The number of fused-ring (bicyclic) bond motifs is 1. The molecule has 0 saturated heterocycles. The van der Waals surface area contributed by atoms with Crippen LogP contribution in [-0.4, -0.2) is 53.5 Å². The van der Waals surface area contributed by atoms with Crippen LogP contribution in [0, 0.1) is 5.82 Å². The number of rotatable bonds is 7. The zero-order chi connectivity index (χ0) is 20.1. The van der Waals surface area contributed by atoms with E-state index in [1.807, 2.05) is 23.6 Å². The number of hydrogen-bond donors (Lipinski definition) is 2. The second-order valence-electron chi connectivity index (χ2n) is 7.17. The quantitative estimate of drug-likeness (QED) is 0.756. The first-order valence-electron chi connectivity index (χ1n) is 9.51. The fourth-order valence-electron chi connectivity index (χ4n) is 3.27. The molecule has 7 nitrogen and oxygen atoms in total. The van der Waals surface area contributed by atoms with E-state index < -0.39 is 0 Å². The average molecular weight is 387 g/mol. The van der Waals surface area contributed by atoms with Crippen LogP contribution in [0.15, 0.2) is 24.3 Å². The molecule has 0 unspecified atom stereocenters. The monoisotopic (exact) mass is 387 g/mol. The molecule has 0 saturated carbocycles. The van der Waals surface area contributed by atoms with Crippen LogP contribution in [0.2, 0.25) is 0 Å². The Morgan fingerprint density at radius 2 is 1.96 bits per heavy atom. The van der Waals surface area contributed by atoms with Gasteiger partial charge < -0.3 is 20.1 Å². The Hall–Kier alpha value is -2.74. The smallest absolute Gasteiger partial charge is 0.287 e. The summed E-state index contributed by atoms with van der Waals surface area (Å²) >= 11 is 0. The van der Waals surface area contributed by atoms with E-state index in [9.17, 15) is 14.0 Å². The molecule has 2 N–H and O–H groups in total. The number of likely N-dealkylation sites (N-methyl/N-ethyl adjacent to an activating group) is 1. The Morgan fingerprint density at radius 3 is 2.71 bits per heavy atom. The number of carbonyl (C=O) groups excluding carboxylic acids is 2. The van der Waals surface area contributed by atoms with Gasteiger partial charge >= 0.3 is 0 Å². The average Bonchev–Trinajstić information content (AvgIpc) is 3.07. The van der Waals surface area contributed by atoms with E-state index in [4.69, 9.17) is 0 Å². The van der Waals surface area contributed by atoms with Crippen LogP contribution in [0.25, 0.3) is 0 Å². The van der Waals surface area contributed by atoms with Crippen LogP contribution in [0.3, 0.4) is 0 Å². The maximum absolute atomic E-state index is 13.8. The highest BCUT2D eigenvalue weighted by molar-refractivity contribution is 5.97. The summed E-state index contributed by atoms with van der Waals surface area (Å²) in [5.41, 5.74) is 1.44. The molecular weight excluding hydrogens is 361 g/mol. The van der Waals surface area contributed by atoms with Crippen molar-refractivity contribution in [1.29, 1.82) is 0 Å². The number of nitrogens with zero attached hydrogens (tertiary/aromatic N) is 3. The molecule has 0 fully saturated rings. The van der Waals surface area contributed by atoms with E-state index in [1.165, 1.54) is 6.07 Å². The highest BCUT2D eigenvalue weighted by Gasteiger charge is 2.27. The van der Waals surface area contributed by atoms with Crippen LogP contribution in [0.4, 0.5) is 4.39 Å². The second kappa shape index (κ2) is 8.97. The lowest BCUT2D eigenvalue weighted by Crippen LogP contribution is -2.33. The molecule has 2 aromatic rings. The van der Waals surface area contributed by atoms with Gasteiger partial charge in [0, 0.05) is 31.7 Å². The molecule has 0 aliphatic carbocycles. The van der Waals surface area contributed by atoms with Gasteiger partial charge in [-0.05, 0) is 39.4 Å². The molecule has 0 bridgehead atoms. The van der Waals surface area contributed by atoms with Crippen molar-refractivity contribution in [2.75, 3.05) is 27.2 Å². The highest BCUT2D eigenvalue weighted by Crippen LogP contribution is 2.21. The van der Waals surface area contributed by atoms with E-state index in [-0.39, 0.29) is 35.7 Å². The van der Waals surface area contributed by atoms with E-state index >= 15 is 0 Å². The second-order valence-corrected chi connectivity index (χ2v) is 7.17. The predicted octanol–water partition coefficient (Wildman–Crippen LogP) is 1.58. The first-order valence-corrected chi connectivity index (χ1v) is 9.51. The lowest BCUT2D eigenvalue weighted by molar-refractivity contribution is 0.0935. The summed E-state index contributed by atoms with van der Waals surface area (Å²) < 4.78 is 15.6. The Labute approximate surface area is 163 Å². The van der Waals surface area contributed by atoms with Gasteiger partial charge in [-0.1, -0.05) is 18.2 Å². The standard InChI is InChI=1S/C20H26FN5O2/c1-25(2)12-10-22-20(28)18-24-17(16-9-5-6-11-26(16)18)19(27)23-13-14-7-3-4-8-15(14)21/h3-4,7-8H,5-6,9-13H2,1-2H3,(H,22,28)(H,23,27). The number of halogens is 1. The van der Waals surface area contributed by atoms with Crippen LogP contribution in [-0.2, 0) is 19.5 Å². The van der Waals surface area contributed by atoms with E-state index in [0.29, 0.717) is 25.1 Å². The number of benzene rings is 1. The molecule has 0 spiro atoms. The van der Waals surface area contributed by atoms with E-state index in [2.05, 4.69) is 15.6 Å². The minimum Gasteiger partial charge on any atom is -0.348 e. The normalized spacial score (nSPS) is 13.3. The molecule has 2 amide bonds. The van der Waals surface area contributed by atoms with Gasteiger partial charge in [-0.15, -0.1) is 0 Å². The third-order valence-electron chi connectivity index (χ3n) is 4.78. The maximum Gasteiger partial charge on any atom is 0.287 e. The lowest BCUT2D eigenvalue weighted by atomic mass is 10.1. The fourth-order valence-corrected chi connectivity index (χ4v) is 3.27. The van der Waals surface area contributed by atoms with Crippen molar-refractivity contribution in [3.05, 3.63) is 52.9 Å². The predicted molar refractivity (Wildman–Crippen MR) is 104 cm³/mol. The molecule has 150 valence electrons. The fraction of sp³-hybridized carbons (Fsp3) is 0.450. The SMILES string of the molecule is CN(C)CCNC(=O)c1nc(C(=O)NCc2ccccc2F)c2n1CCCC2. The Bertz CT molecular complexity index is 862. The first kappa shape index (κ1) is 20.0. The summed E-state index contributed by atoms with van der Waals surface area (Å²) in [4.78, 5) is 31.6. The highest BCUT2D eigenvalue weighted by atomic mass is 19.1. The summed E-state index contributed by atoms with van der Waals surface area (Å²) in [5, 5.41) is 5.58. The molecule has 1 aliphatic heterocycles. The van der Waals surface area contributed by atoms with E-state index in [1.54, 1.807) is 18.2 Å². The van der Waals surface area contributed by atoms with Crippen molar-refractivity contribution in [1.82, 2.24) is 25.1 Å². The maximum atomic E-state index is 13.8. The minimum absolute atomic E-state index is 0.0716. The zero-order valence-corrected chi connectivity index (χ0v) is 16.3. The van der Waals surface area contributed by atoms with Crippen LogP contribution in [0.1, 0.15) is 45.2 Å². The number of aromatic nitrogens is 2. The molecule has 1 aromatic carbocycles. The van der Waals surface area contributed by atoms with Gasteiger partial charge in [-0.2, -0.15) is 0 Å². The summed E-state index contributed by atoms with van der Waals surface area (Å²) in [7, 11) is 3.86. The topological polar surface area (TPSA) is 79.3 Å². The number of carbonyl (C=O) groups is 2. The van der Waals surface area contributed by atoms with Gasteiger partial charge in [-0.25, -0.2) is 9.37 Å². The molecular formula is C20H26FN5O2. The largest absolute Gasteiger partial charge is 0.348 e. The third kappa shape index (κ3) is 4.56. The van der Waals surface area contributed by atoms with Crippen molar-refractivity contribution >= 4 is 11.8 Å². The van der Waals surface area contributed by atoms with Crippen LogP contribution < -0.4 is 10.6 Å². The van der Waals surface area contributed by atoms with Gasteiger partial charge in [-0.3, -0.25) is 9.59 Å². The summed E-state index contributed by atoms with van der Waals surface area (Å²) in [6.45, 7) is 1.96. The van der Waals surface area contributed by atoms with Crippen LogP contribution in [0.5, 0.6) is 0 Å². The Morgan fingerprint density at radius 1 is 1.18 bits per heavy atom. The van der Waals surface area contributed by atoms with Gasteiger partial charge in [0.2, 0.25) is 0 Å². The van der Waals surface area contributed by atoms with Gasteiger partial charge in [0.25, 0.3) is 11.8 Å². The molecule has 0 atom stereocenters. The van der Waals surface area contributed by atoms with Gasteiger partial charge in [0.05, 0.1) is 5.69 Å². The van der Waals surface area contributed by atoms with Crippen molar-refractivity contribution in [3.8, 4) is 0 Å². The third-order valence-corrected chi connectivity index (χ3v) is 4.78. The van der Waals surface area contributed by atoms with Gasteiger partial charge in [0.1, 0.15) is 11.5 Å². The number of nitrogens with one attached hydrogen (secondary N) is 2. The lowest BCUT2D eigenvalue weighted by Gasteiger charge is -2.17. The molecule has 1 aromatic heterocycles. The molecule has 2 heterocycles. The number of amides is 2. The van der Waals surface area contributed by atoms with Gasteiger partial charge in [0.15, 0.2) is 5.82 Å². The zero-order valence-electron chi connectivity index (χ0n) is 16.3. The molecule has 0 radical (unpaired) electrons. The minimum atomic E-state index is -0.388. The molecule has 3 rings (SSSR count). The molecule has 1 aliphatic rings. The molecule has 8 heteroatoms. The first-order chi connectivity index (χ1) is 13.5. The van der Waals surface area contributed by atoms with Crippen molar-refractivity contribution in [3.63, 3.8) is 0 Å². The van der Waals surface area contributed by atoms with Crippen molar-refractivity contribution in [2.45, 2.75) is 32.4 Å². The molecule has 28 heavy (non-hydrogen) atoms. The number of imidazole rings is 1.